The minimum Gasteiger partial charge on any atom is -0.312 e. The van der Waals surface area contributed by atoms with Crippen molar-refractivity contribution in [2.45, 2.75) is 32.1 Å². The molecule has 6 heteroatoms. The molecule has 0 bridgehead atoms. The Labute approximate surface area is 145 Å². The van der Waals surface area contributed by atoms with E-state index in [1.807, 2.05) is 11.4 Å². The Bertz CT molecular complexity index is 727. The highest BCUT2D eigenvalue weighted by molar-refractivity contribution is 14.1. The number of carbonyl (C=O) groups is 1. The van der Waals surface area contributed by atoms with E-state index >= 15 is 0 Å². The smallest absolute Gasteiger partial charge is 0.257 e. The standard InChI is InChI=1S/C15H13IN2OS2/c16-13-6-9(8-20-13)14(19)18-15-11(7-17)10-4-2-1-3-5-12(10)21-15/h6,8H,1-5H2,(H,18,19). The molecule has 21 heavy (non-hydrogen) atoms. The van der Waals surface area contributed by atoms with E-state index in [-0.39, 0.29) is 5.91 Å². The first kappa shape index (κ1) is 15.0. The van der Waals surface area contributed by atoms with Gasteiger partial charge in [0.25, 0.3) is 5.91 Å². The van der Waals surface area contributed by atoms with Gasteiger partial charge in [-0.3, -0.25) is 4.79 Å². The van der Waals surface area contributed by atoms with Crippen LogP contribution in [0.5, 0.6) is 0 Å². The third-order valence-corrected chi connectivity index (χ3v) is 6.59. The second-order valence-electron chi connectivity index (χ2n) is 4.97. The molecule has 0 atom stereocenters. The molecule has 0 fully saturated rings. The second-order valence-corrected chi connectivity index (χ2v) is 8.88. The Balaban J connectivity index is 1.89. The third-order valence-electron chi connectivity index (χ3n) is 3.59. The lowest BCUT2D eigenvalue weighted by molar-refractivity contribution is 0.102. The van der Waals surface area contributed by atoms with Crippen molar-refractivity contribution in [3.63, 3.8) is 0 Å². The molecule has 0 aromatic carbocycles. The number of aryl methyl sites for hydroxylation is 1. The monoisotopic (exact) mass is 428 g/mol. The van der Waals surface area contributed by atoms with E-state index in [9.17, 15) is 10.1 Å². The molecule has 0 radical (unpaired) electrons. The molecule has 1 amide bonds. The Morgan fingerprint density at radius 2 is 2.14 bits per heavy atom. The molecule has 0 unspecified atom stereocenters. The van der Waals surface area contributed by atoms with E-state index < -0.39 is 0 Å². The Morgan fingerprint density at radius 1 is 1.33 bits per heavy atom. The van der Waals surface area contributed by atoms with Gasteiger partial charge in [0.05, 0.1) is 14.0 Å². The van der Waals surface area contributed by atoms with Crippen LogP contribution in [0.3, 0.4) is 0 Å². The predicted molar refractivity (Wildman–Crippen MR) is 95.3 cm³/mol. The van der Waals surface area contributed by atoms with Crippen LogP contribution in [0.15, 0.2) is 11.4 Å². The van der Waals surface area contributed by atoms with Crippen LogP contribution in [-0.4, -0.2) is 5.91 Å². The van der Waals surface area contributed by atoms with Crippen molar-refractivity contribution in [3.8, 4) is 6.07 Å². The molecule has 108 valence electrons. The molecule has 1 N–H and O–H groups in total. The fourth-order valence-electron chi connectivity index (χ4n) is 2.55. The van der Waals surface area contributed by atoms with Gasteiger partial charge in [-0.25, -0.2) is 0 Å². The van der Waals surface area contributed by atoms with Gasteiger partial charge in [0, 0.05) is 10.3 Å². The molecule has 0 spiro atoms. The van der Waals surface area contributed by atoms with E-state index in [2.05, 4.69) is 34.0 Å². The summed E-state index contributed by atoms with van der Waals surface area (Å²) in [5.41, 5.74) is 2.50. The molecular weight excluding hydrogens is 415 g/mol. The summed E-state index contributed by atoms with van der Waals surface area (Å²) in [6.07, 6.45) is 5.52. The van der Waals surface area contributed by atoms with Gasteiger partial charge in [0.15, 0.2) is 0 Å². The highest BCUT2D eigenvalue weighted by Gasteiger charge is 2.21. The summed E-state index contributed by atoms with van der Waals surface area (Å²) in [6, 6.07) is 4.16. The second kappa shape index (κ2) is 6.46. The lowest BCUT2D eigenvalue weighted by Crippen LogP contribution is -2.10. The molecular formula is C15H13IN2OS2. The average molecular weight is 428 g/mol. The van der Waals surface area contributed by atoms with Gasteiger partial charge < -0.3 is 5.32 Å². The minimum absolute atomic E-state index is 0.123. The molecule has 1 aliphatic rings. The van der Waals surface area contributed by atoms with Gasteiger partial charge in [-0.2, -0.15) is 5.26 Å². The molecule has 3 nitrogen and oxygen atoms in total. The van der Waals surface area contributed by atoms with Crippen LogP contribution in [0.2, 0.25) is 0 Å². The fourth-order valence-corrected chi connectivity index (χ4v) is 5.11. The number of hydrogen-bond donors (Lipinski definition) is 1. The summed E-state index contributed by atoms with van der Waals surface area (Å²) in [4.78, 5) is 13.5. The fraction of sp³-hybridized carbons (Fsp3) is 0.333. The summed E-state index contributed by atoms with van der Waals surface area (Å²) in [5, 5.41) is 14.9. The quantitative estimate of drug-likeness (QED) is 0.552. The van der Waals surface area contributed by atoms with Crippen molar-refractivity contribution in [1.29, 1.82) is 5.26 Å². The number of nitrogens with zero attached hydrogens (tertiary/aromatic N) is 1. The summed E-state index contributed by atoms with van der Waals surface area (Å²) < 4.78 is 1.08. The minimum atomic E-state index is -0.123. The normalized spacial score (nSPS) is 14.1. The average Bonchev–Trinajstić information content (AvgIpc) is 2.96. The first-order valence-electron chi connectivity index (χ1n) is 6.79. The van der Waals surface area contributed by atoms with Crippen molar-refractivity contribution < 1.29 is 4.79 Å². The highest BCUT2D eigenvalue weighted by Crippen LogP contribution is 2.37. The molecule has 2 heterocycles. The maximum Gasteiger partial charge on any atom is 0.257 e. The number of thiophene rings is 2. The molecule has 3 rings (SSSR count). The lowest BCUT2D eigenvalue weighted by atomic mass is 10.1. The van der Waals surface area contributed by atoms with Crippen LogP contribution >= 0.6 is 45.3 Å². The number of halogens is 1. The number of fused-ring (bicyclic) bond motifs is 1. The van der Waals surface area contributed by atoms with Gasteiger partial charge in [0.2, 0.25) is 0 Å². The summed E-state index contributed by atoms with van der Waals surface area (Å²) in [5.74, 6) is -0.123. The summed E-state index contributed by atoms with van der Waals surface area (Å²) in [7, 11) is 0. The van der Waals surface area contributed by atoms with Gasteiger partial charge in [0.1, 0.15) is 11.1 Å². The van der Waals surface area contributed by atoms with Gasteiger partial charge >= 0.3 is 0 Å². The first-order chi connectivity index (χ1) is 10.2. The van der Waals surface area contributed by atoms with E-state index in [0.717, 1.165) is 32.7 Å². The van der Waals surface area contributed by atoms with Gasteiger partial charge in [-0.1, -0.05) is 6.42 Å². The lowest BCUT2D eigenvalue weighted by Gasteiger charge is -2.02. The zero-order valence-corrected chi connectivity index (χ0v) is 15.0. The van der Waals surface area contributed by atoms with Gasteiger partial charge in [-0.05, 0) is 59.9 Å². The van der Waals surface area contributed by atoms with E-state index in [0.29, 0.717) is 11.1 Å². The Morgan fingerprint density at radius 3 is 2.86 bits per heavy atom. The largest absolute Gasteiger partial charge is 0.312 e. The maximum absolute atomic E-state index is 12.3. The van der Waals surface area contributed by atoms with Crippen LogP contribution < -0.4 is 5.32 Å². The number of hydrogen-bond acceptors (Lipinski definition) is 4. The van der Waals surface area contributed by atoms with Crippen LogP contribution in [0.25, 0.3) is 0 Å². The molecule has 1 aliphatic carbocycles. The third kappa shape index (κ3) is 3.15. The number of rotatable bonds is 2. The zero-order valence-electron chi connectivity index (χ0n) is 11.2. The van der Waals surface area contributed by atoms with Crippen molar-refractivity contribution >= 4 is 56.2 Å². The van der Waals surface area contributed by atoms with Crippen LogP contribution in [0.4, 0.5) is 5.00 Å². The first-order valence-corrected chi connectivity index (χ1v) is 9.56. The zero-order chi connectivity index (χ0) is 14.8. The molecule has 0 saturated heterocycles. The molecule has 2 aromatic rings. The number of nitrogens with one attached hydrogen (secondary N) is 1. The van der Waals surface area contributed by atoms with E-state index in [1.165, 1.54) is 17.7 Å². The van der Waals surface area contributed by atoms with Crippen LogP contribution in [0.1, 0.15) is 45.6 Å². The van der Waals surface area contributed by atoms with E-state index in [1.54, 1.807) is 22.7 Å². The van der Waals surface area contributed by atoms with Crippen LogP contribution in [-0.2, 0) is 12.8 Å². The SMILES string of the molecule is N#Cc1c(NC(=O)c2csc(I)c2)sc2c1CCCCC2. The van der Waals surface area contributed by atoms with Crippen molar-refractivity contribution in [1.82, 2.24) is 0 Å². The topological polar surface area (TPSA) is 52.9 Å². The maximum atomic E-state index is 12.3. The summed E-state index contributed by atoms with van der Waals surface area (Å²) in [6.45, 7) is 0. The van der Waals surface area contributed by atoms with Crippen molar-refractivity contribution in [2.75, 3.05) is 5.32 Å². The predicted octanol–water partition coefficient (Wildman–Crippen LogP) is 4.81. The Hall–Kier alpha value is -0.910. The van der Waals surface area contributed by atoms with Gasteiger partial charge in [-0.15, -0.1) is 22.7 Å². The summed E-state index contributed by atoms with van der Waals surface area (Å²) >= 11 is 5.33. The van der Waals surface area contributed by atoms with Crippen molar-refractivity contribution in [2.24, 2.45) is 0 Å². The van der Waals surface area contributed by atoms with Crippen LogP contribution in [0, 0.1) is 14.2 Å². The van der Waals surface area contributed by atoms with Crippen molar-refractivity contribution in [3.05, 3.63) is 35.9 Å². The Kier molecular flexibility index (Phi) is 4.62. The van der Waals surface area contributed by atoms with E-state index in [4.69, 9.17) is 0 Å². The highest BCUT2D eigenvalue weighted by atomic mass is 127. The number of nitriles is 1. The number of anilines is 1. The molecule has 0 aliphatic heterocycles. The number of amides is 1. The molecule has 2 aromatic heterocycles. The molecule has 0 saturated carbocycles. The number of carbonyl (C=O) groups excluding carboxylic acids is 1.